The molecule has 1 aliphatic heterocycles. The summed E-state index contributed by atoms with van der Waals surface area (Å²) in [7, 11) is 0. The van der Waals surface area contributed by atoms with Crippen LogP contribution in [0.15, 0.2) is 48.0 Å². The molecule has 0 amide bonds. The van der Waals surface area contributed by atoms with E-state index in [1.165, 1.54) is 22.3 Å². The second-order valence-electron chi connectivity index (χ2n) is 7.22. The first-order valence-corrected chi connectivity index (χ1v) is 9.78. The summed E-state index contributed by atoms with van der Waals surface area (Å²) < 4.78 is 0. The van der Waals surface area contributed by atoms with Gasteiger partial charge in [0.05, 0.1) is 6.54 Å². The Morgan fingerprint density at radius 1 is 1.15 bits per heavy atom. The summed E-state index contributed by atoms with van der Waals surface area (Å²) >= 11 is 12.2. The molecular weight excluding hydrogens is 365 g/mol. The summed E-state index contributed by atoms with van der Waals surface area (Å²) in [4.78, 5) is 14.9. The molecule has 1 aliphatic carbocycles. The molecule has 4 heteroatoms. The minimum absolute atomic E-state index is 0.238. The van der Waals surface area contributed by atoms with E-state index in [0.29, 0.717) is 18.0 Å². The third-order valence-corrected chi connectivity index (χ3v) is 6.01. The largest absolute Gasteiger partial charge is 0.298 e. The first kappa shape index (κ1) is 17.8. The first-order chi connectivity index (χ1) is 12.5. The van der Waals surface area contributed by atoms with E-state index in [2.05, 4.69) is 24.0 Å². The SMILES string of the molecule is CC1C2=C(CCN1CC(=O)Cc1cccc(Cl)c1)c1cc(Cl)ccc1C2. The molecular formula is C22H21Cl2NO. The lowest BCUT2D eigenvalue weighted by Gasteiger charge is -2.34. The summed E-state index contributed by atoms with van der Waals surface area (Å²) in [6.45, 7) is 3.61. The Hall–Kier alpha value is -1.61. The topological polar surface area (TPSA) is 20.3 Å². The van der Waals surface area contributed by atoms with Gasteiger partial charge in [0, 0.05) is 29.1 Å². The van der Waals surface area contributed by atoms with Crippen LogP contribution in [0.1, 0.15) is 30.0 Å². The van der Waals surface area contributed by atoms with Crippen molar-refractivity contribution in [2.45, 2.75) is 32.2 Å². The van der Waals surface area contributed by atoms with Crippen molar-refractivity contribution in [1.82, 2.24) is 4.90 Å². The van der Waals surface area contributed by atoms with Crippen LogP contribution in [0.3, 0.4) is 0 Å². The van der Waals surface area contributed by atoms with Gasteiger partial charge in [-0.05, 0) is 71.9 Å². The van der Waals surface area contributed by atoms with Crippen LogP contribution in [0.25, 0.3) is 5.57 Å². The third kappa shape index (κ3) is 3.46. The number of hydrogen-bond donors (Lipinski definition) is 0. The standard InChI is InChI=1S/C22H21Cl2NO/c1-14-21-11-16-5-6-18(24)12-22(16)20(21)7-8-25(14)13-19(26)10-15-3-2-4-17(23)9-15/h2-6,9,12,14H,7-8,10-11,13H2,1H3. The minimum atomic E-state index is 0.238. The number of benzene rings is 2. The Balaban J connectivity index is 1.46. The second-order valence-corrected chi connectivity index (χ2v) is 8.10. The normalized spacial score (nSPS) is 19.4. The number of fused-ring (bicyclic) bond motifs is 2. The highest BCUT2D eigenvalue weighted by Gasteiger charge is 2.32. The highest BCUT2D eigenvalue weighted by Crippen LogP contribution is 2.41. The van der Waals surface area contributed by atoms with Crippen molar-refractivity contribution >= 4 is 34.6 Å². The predicted octanol–water partition coefficient (Wildman–Crippen LogP) is 5.21. The molecule has 0 bridgehead atoms. The number of ketones is 1. The molecule has 2 aromatic rings. The van der Waals surface area contributed by atoms with E-state index in [-0.39, 0.29) is 11.8 Å². The van der Waals surface area contributed by atoms with Crippen LogP contribution in [0, 0.1) is 0 Å². The third-order valence-electron chi connectivity index (χ3n) is 5.54. The van der Waals surface area contributed by atoms with Crippen molar-refractivity contribution in [2.75, 3.05) is 13.1 Å². The van der Waals surface area contributed by atoms with Crippen molar-refractivity contribution in [1.29, 1.82) is 0 Å². The molecule has 2 aliphatic rings. The van der Waals surface area contributed by atoms with Gasteiger partial charge in [-0.25, -0.2) is 0 Å². The number of carbonyl (C=O) groups excluding carboxylic acids is 1. The van der Waals surface area contributed by atoms with E-state index in [9.17, 15) is 4.79 Å². The zero-order valence-corrected chi connectivity index (χ0v) is 16.3. The van der Waals surface area contributed by atoms with E-state index < -0.39 is 0 Å². The molecule has 4 rings (SSSR count). The van der Waals surface area contributed by atoms with Crippen LogP contribution in [-0.4, -0.2) is 29.8 Å². The Bertz CT molecular complexity index is 903. The second kappa shape index (κ2) is 7.19. The lowest BCUT2D eigenvalue weighted by Crippen LogP contribution is -2.42. The summed E-state index contributed by atoms with van der Waals surface area (Å²) in [5.41, 5.74) is 6.54. The van der Waals surface area contributed by atoms with Gasteiger partial charge in [-0.1, -0.05) is 41.4 Å². The van der Waals surface area contributed by atoms with Crippen LogP contribution in [0.4, 0.5) is 0 Å². The van der Waals surface area contributed by atoms with Crippen molar-refractivity contribution in [3.8, 4) is 0 Å². The molecule has 0 saturated carbocycles. The van der Waals surface area contributed by atoms with E-state index in [0.717, 1.165) is 30.0 Å². The Labute approximate surface area is 164 Å². The van der Waals surface area contributed by atoms with Crippen LogP contribution >= 0.6 is 23.2 Å². The molecule has 0 saturated heterocycles. The first-order valence-electron chi connectivity index (χ1n) is 9.02. The zero-order chi connectivity index (χ0) is 18.3. The summed E-state index contributed by atoms with van der Waals surface area (Å²) in [5, 5.41) is 1.48. The fourth-order valence-corrected chi connectivity index (χ4v) is 4.59. The van der Waals surface area contributed by atoms with Gasteiger partial charge in [-0.3, -0.25) is 9.69 Å². The van der Waals surface area contributed by atoms with Crippen molar-refractivity contribution in [3.63, 3.8) is 0 Å². The van der Waals surface area contributed by atoms with Gasteiger partial charge >= 0.3 is 0 Å². The van der Waals surface area contributed by atoms with Gasteiger partial charge in [0.25, 0.3) is 0 Å². The molecule has 134 valence electrons. The molecule has 0 spiro atoms. The lowest BCUT2D eigenvalue weighted by atomic mass is 9.93. The smallest absolute Gasteiger partial charge is 0.151 e. The Morgan fingerprint density at radius 3 is 2.77 bits per heavy atom. The molecule has 0 N–H and O–H groups in total. The van der Waals surface area contributed by atoms with E-state index >= 15 is 0 Å². The van der Waals surface area contributed by atoms with E-state index in [4.69, 9.17) is 23.2 Å². The molecule has 1 unspecified atom stereocenters. The average Bonchev–Trinajstić information content (AvgIpc) is 2.96. The molecule has 1 atom stereocenters. The number of Topliss-reactive ketones (excluding diaryl/α,β-unsaturated/α-hetero) is 1. The highest BCUT2D eigenvalue weighted by atomic mass is 35.5. The number of hydrogen-bond acceptors (Lipinski definition) is 2. The van der Waals surface area contributed by atoms with E-state index in [1.54, 1.807) is 0 Å². The summed E-state index contributed by atoms with van der Waals surface area (Å²) in [6.07, 6.45) is 2.39. The maximum absolute atomic E-state index is 12.6. The van der Waals surface area contributed by atoms with Crippen molar-refractivity contribution < 1.29 is 4.79 Å². The van der Waals surface area contributed by atoms with Gasteiger partial charge < -0.3 is 0 Å². The maximum atomic E-state index is 12.6. The molecule has 2 aromatic carbocycles. The minimum Gasteiger partial charge on any atom is -0.298 e. The fourth-order valence-electron chi connectivity index (χ4n) is 4.21. The highest BCUT2D eigenvalue weighted by molar-refractivity contribution is 6.31. The fraction of sp³-hybridized carbons (Fsp3) is 0.318. The van der Waals surface area contributed by atoms with Crippen LogP contribution < -0.4 is 0 Å². The van der Waals surface area contributed by atoms with Gasteiger partial charge in [-0.15, -0.1) is 0 Å². The monoisotopic (exact) mass is 385 g/mol. The number of halogens is 2. The average molecular weight is 386 g/mol. The van der Waals surface area contributed by atoms with Crippen LogP contribution in [-0.2, 0) is 17.6 Å². The Morgan fingerprint density at radius 2 is 1.96 bits per heavy atom. The van der Waals surface area contributed by atoms with Gasteiger partial charge in [0.15, 0.2) is 5.78 Å². The molecule has 0 radical (unpaired) electrons. The van der Waals surface area contributed by atoms with Gasteiger partial charge in [0.1, 0.15) is 0 Å². The molecule has 1 heterocycles. The van der Waals surface area contributed by atoms with E-state index in [1.807, 2.05) is 30.3 Å². The van der Waals surface area contributed by atoms with Crippen molar-refractivity contribution in [2.24, 2.45) is 0 Å². The molecule has 26 heavy (non-hydrogen) atoms. The molecule has 0 aromatic heterocycles. The Kier molecular flexibility index (Phi) is 4.92. The predicted molar refractivity (Wildman–Crippen MR) is 108 cm³/mol. The van der Waals surface area contributed by atoms with Gasteiger partial charge in [0.2, 0.25) is 0 Å². The lowest BCUT2D eigenvalue weighted by molar-refractivity contribution is -0.119. The van der Waals surface area contributed by atoms with Gasteiger partial charge in [-0.2, -0.15) is 0 Å². The number of rotatable bonds is 4. The molecule has 2 nitrogen and oxygen atoms in total. The number of nitrogens with zero attached hydrogens (tertiary/aromatic N) is 1. The van der Waals surface area contributed by atoms with Crippen LogP contribution in [0.2, 0.25) is 10.0 Å². The summed E-state index contributed by atoms with van der Waals surface area (Å²) in [5.74, 6) is 0.238. The quantitative estimate of drug-likeness (QED) is 0.719. The maximum Gasteiger partial charge on any atom is 0.151 e. The summed E-state index contributed by atoms with van der Waals surface area (Å²) in [6, 6.07) is 14.0. The van der Waals surface area contributed by atoms with Crippen LogP contribution in [0.5, 0.6) is 0 Å². The zero-order valence-electron chi connectivity index (χ0n) is 14.8. The number of carbonyl (C=O) groups is 1. The van der Waals surface area contributed by atoms with Crippen molar-refractivity contribution in [3.05, 3.63) is 74.8 Å². The molecule has 0 fully saturated rings.